The summed E-state index contributed by atoms with van der Waals surface area (Å²) in [4.78, 5) is 0. The van der Waals surface area contributed by atoms with Crippen LogP contribution in [0.25, 0.3) is 0 Å². The summed E-state index contributed by atoms with van der Waals surface area (Å²) in [6, 6.07) is 0.995. The largest absolute Gasteiger partial charge is 0.328 e. The van der Waals surface area contributed by atoms with Crippen molar-refractivity contribution >= 4 is 24.8 Å². The molecule has 0 saturated heterocycles. The van der Waals surface area contributed by atoms with Gasteiger partial charge in [-0.1, -0.05) is 0 Å². The van der Waals surface area contributed by atoms with Gasteiger partial charge in [0.25, 0.3) is 0 Å². The molecule has 0 aliphatic heterocycles. The quantitative estimate of drug-likeness (QED) is 0.769. The zero-order valence-corrected chi connectivity index (χ0v) is 11.6. The summed E-state index contributed by atoms with van der Waals surface area (Å²) in [5.74, 6) is 1.95. The minimum absolute atomic E-state index is 0. The topological polar surface area (TPSA) is 52.0 Å². The maximum atomic E-state index is 5.93. The second kappa shape index (κ2) is 7.75. The zero-order chi connectivity index (χ0) is 9.97. The van der Waals surface area contributed by atoms with Gasteiger partial charge in [0.2, 0.25) is 0 Å². The third-order valence-corrected chi connectivity index (χ3v) is 4.30. The minimum atomic E-state index is 0. The van der Waals surface area contributed by atoms with Gasteiger partial charge in [0, 0.05) is 12.1 Å². The van der Waals surface area contributed by atoms with Gasteiger partial charge in [-0.25, -0.2) is 0 Å². The van der Waals surface area contributed by atoms with E-state index in [9.17, 15) is 0 Å². The van der Waals surface area contributed by atoms with E-state index in [0.717, 1.165) is 11.8 Å². The molecular formula is C12H26Cl2N2. The Morgan fingerprint density at radius 1 is 0.500 bits per heavy atom. The third-order valence-electron chi connectivity index (χ3n) is 4.30. The average molecular weight is 269 g/mol. The van der Waals surface area contributed by atoms with E-state index in [1.807, 2.05) is 0 Å². The highest BCUT2D eigenvalue weighted by Gasteiger charge is 2.28. The molecule has 0 spiro atoms. The Balaban J connectivity index is 0.00000112. The molecule has 2 fully saturated rings. The van der Waals surface area contributed by atoms with Gasteiger partial charge in [0.15, 0.2) is 0 Å². The molecule has 2 aliphatic carbocycles. The van der Waals surface area contributed by atoms with Crippen molar-refractivity contribution in [2.75, 3.05) is 0 Å². The van der Waals surface area contributed by atoms with E-state index in [0.29, 0.717) is 12.1 Å². The second-order valence-electron chi connectivity index (χ2n) is 5.35. The summed E-state index contributed by atoms with van der Waals surface area (Å²) in [6.45, 7) is 0. The normalized spacial score (nSPS) is 39.4. The molecule has 4 N–H and O–H groups in total. The van der Waals surface area contributed by atoms with E-state index in [1.165, 1.54) is 51.4 Å². The molecule has 0 unspecified atom stereocenters. The zero-order valence-electron chi connectivity index (χ0n) is 9.94. The number of hydrogen-bond donors (Lipinski definition) is 2. The molecule has 2 aliphatic rings. The molecule has 0 atom stereocenters. The smallest absolute Gasteiger partial charge is 0.00390 e. The lowest BCUT2D eigenvalue weighted by Crippen LogP contribution is -2.33. The van der Waals surface area contributed by atoms with Crippen LogP contribution < -0.4 is 11.5 Å². The van der Waals surface area contributed by atoms with Crippen molar-refractivity contribution < 1.29 is 0 Å². The van der Waals surface area contributed by atoms with Crippen molar-refractivity contribution in [2.45, 2.75) is 63.5 Å². The fraction of sp³-hybridized carbons (Fsp3) is 1.00. The second-order valence-corrected chi connectivity index (χ2v) is 5.35. The first-order chi connectivity index (χ1) is 6.75. The highest BCUT2D eigenvalue weighted by Crippen LogP contribution is 2.37. The molecule has 0 aromatic carbocycles. The van der Waals surface area contributed by atoms with Gasteiger partial charge in [-0.15, -0.1) is 24.8 Å². The molecule has 98 valence electrons. The van der Waals surface area contributed by atoms with Crippen molar-refractivity contribution in [3.63, 3.8) is 0 Å². The van der Waals surface area contributed by atoms with Gasteiger partial charge in [-0.2, -0.15) is 0 Å². The van der Waals surface area contributed by atoms with Crippen LogP contribution >= 0.6 is 24.8 Å². The van der Waals surface area contributed by atoms with E-state index >= 15 is 0 Å². The van der Waals surface area contributed by atoms with Gasteiger partial charge in [0.05, 0.1) is 0 Å². The monoisotopic (exact) mass is 268 g/mol. The molecular weight excluding hydrogens is 243 g/mol. The van der Waals surface area contributed by atoms with Crippen LogP contribution in [0, 0.1) is 11.8 Å². The first-order valence-electron chi connectivity index (χ1n) is 6.27. The van der Waals surface area contributed by atoms with Crippen molar-refractivity contribution in [1.29, 1.82) is 0 Å². The van der Waals surface area contributed by atoms with Crippen LogP contribution in [0.4, 0.5) is 0 Å². The highest BCUT2D eigenvalue weighted by atomic mass is 35.5. The van der Waals surface area contributed by atoms with Gasteiger partial charge in [0.1, 0.15) is 0 Å². The van der Waals surface area contributed by atoms with Gasteiger partial charge >= 0.3 is 0 Å². The van der Waals surface area contributed by atoms with Crippen LogP contribution in [-0.4, -0.2) is 12.1 Å². The Bertz CT molecular complexity index is 154. The van der Waals surface area contributed by atoms with Gasteiger partial charge < -0.3 is 11.5 Å². The average Bonchev–Trinajstić information content (AvgIpc) is 2.21. The first kappa shape index (κ1) is 16.5. The molecule has 2 nitrogen and oxygen atoms in total. The van der Waals surface area contributed by atoms with Crippen molar-refractivity contribution in [2.24, 2.45) is 23.3 Å². The van der Waals surface area contributed by atoms with Crippen LogP contribution in [0.2, 0.25) is 0 Å². The molecule has 0 bridgehead atoms. The summed E-state index contributed by atoms with van der Waals surface area (Å²) in [5.41, 5.74) is 11.9. The number of nitrogens with two attached hydrogens (primary N) is 2. The molecule has 4 heteroatoms. The number of rotatable bonds is 1. The van der Waals surface area contributed by atoms with Gasteiger partial charge in [-0.3, -0.25) is 0 Å². The fourth-order valence-corrected chi connectivity index (χ4v) is 3.23. The highest BCUT2D eigenvalue weighted by molar-refractivity contribution is 5.85. The standard InChI is InChI=1S/C12H24N2.2ClH/c13-11-5-1-9(2-6-11)10-3-7-12(14)8-4-10;;/h9-12H,1-8,13-14H2;2*1H. The summed E-state index contributed by atoms with van der Waals surface area (Å²) >= 11 is 0. The van der Waals surface area contributed by atoms with Crippen LogP contribution in [0.3, 0.4) is 0 Å². The lowest BCUT2D eigenvalue weighted by Gasteiger charge is -2.36. The maximum Gasteiger partial charge on any atom is 0.00390 e. The lowest BCUT2D eigenvalue weighted by molar-refractivity contribution is 0.178. The van der Waals surface area contributed by atoms with E-state index in [2.05, 4.69) is 0 Å². The van der Waals surface area contributed by atoms with Crippen LogP contribution in [0.5, 0.6) is 0 Å². The molecule has 16 heavy (non-hydrogen) atoms. The molecule has 0 heterocycles. The molecule has 0 amide bonds. The SMILES string of the molecule is Cl.Cl.NC1CCC(C2CCC(N)CC2)CC1. The van der Waals surface area contributed by atoms with Crippen LogP contribution in [-0.2, 0) is 0 Å². The van der Waals surface area contributed by atoms with Crippen LogP contribution in [0.15, 0.2) is 0 Å². The summed E-state index contributed by atoms with van der Waals surface area (Å²) in [5, 5.41) is 0. The van der Waals surface area contributed by atoms with E-state index < -0.39 is 0 Å². The van der Waals surface area contributed by atoms with E-state index in [-0.39, 0.29) is 24.8 Å². The third kappa shape index (κ3) is 4.40. The molecule has 2 saturated carbocycles. The van der Waals surface area contributed by atoms with Crippen molar-refractivity contribution in [1.82, 2.24) is 0 Å². The van der Waals surface area contributed by atoms with Crippen molar-refractivity contribution in [3.05, 3.63) is 0 Å². The maximum absolute atomic E-state index is 5.93. The summed E-state index contributed by atoms with van der Waals surface area (Å²) < 4.78 is 0. The number of hydrogen-bond acceptors (Lipinski definition) is 2. The van der Waals surface area contributed by atoms with Gasteiger partial charge in [-0.05, 0) is 63.2 Å². The van der Waals surface area contributed by atoms with Crippen molar-refractivity contribution in [3.8, 4) is 0 Å². The van der Waals surface area contributed by atoms with Crippen LogP contribution in [0.1, 0.15) is 51.4 Å². The number of halogens is 2. The Morgan fingerprint density at radius 3 is 1.00 bits per heavy atom. The predicted molar refractivity (Wildman–Crippen MR) is 74.4 cm³/mol. The lowest BCUT2D eigenvalue weighted by atomic mass is 9.72. The molecule has 0 aromatic heterocycles. The Kier molecular flexibility index (Phi) is 8.00. The molecule has 0 aromatic rings. The fourth-order valence-electron chi connectivity index (χ4n) is 3.23. The Morgan fingerprint density at radius 2 is 0.750 bits per heavy atom. The molecule has 0 radical (unpaired) electrons. The Labute approximate surface area is 112 Å². The van der Waals surface area contributed by atoms with E-state index in [1.54, 1.807) is 0 Å². The summed E-state index contributed by atoms with van der Waals surface area (Å²) in [7, 11) is 0. The first-order valence-corrected chi connectivity index (χ1v) is 6.27. The van der Waals surface area contributed by atoms with E-state index in [4.69, 9.17) is 11.5 Å². The minimum Gasteiger partial charge on any atom is -0.328 e. The Hall–Kier alpha value is 0.500. The molecule has 2 rings (SSSR count). The predicted octanol–water partition coefficient (Wildman–Crippen LogP) is 2.87. The summed E-state index contributed by atoms with van der Waals surface area (Å²) in [6.07, 6.45) is 10.5.